The molecule has 0 N–H and O–H groups in total. The van der Waals surface area contributed by atoms with Crippen molar-refractivity contribution in [2.24, 2.45) is 0 Å². The van der Waals surface area contributed by atoms with Crippen LogP contribution in [0.3, 0.4) is 0 Å². The van der Waals surface area contributed by atoms with Gasteiger partial charge in [-0.1, -0.05) is 146 Å². The highest BCUT2D eigenvalue weighted by molar-refractivity contribution is 7.26. The molecule has 2 aliphatic rings. The average Bonchev–Trinajstić information content (AvgIpc) is 4.39. The lowest BCUT2D eigenvalue weighted by Crippen LogP contribution is -2.59. The number of rotatable bonds is 5. The standard InChI is InChI=1S/C68H36BN5S2/c1-71-63-67(53(38-70)66-62-68(63)74-57-27-7-3-19-46(57)50-23-13-25-55(65(50)74)69(62)54-24-12-22-49-45-18-2-6-26-56(45)73(66)64(49)54)72(43-16-10-14-39(34-43)41-30-32-60-51(36-41)47-20-4-8-28-58(47)75-60)44-17-11-15-40(35-44)42-31-33-61-52(37-42)48-21-5-9-29-59(48)76-61/h2-37H. The summed E-state index contributed by atoms with van der Waals surface area (Å²) in [7, 11) is 0. The van der Waals surface area contributed by atoms with Crippen molar-refractivity contribution in [1.82, 2.24) is 9.13 Å². The SMILES string of the molecule is [C-]#[N+]c1c(N(c2cccc(-c3ccc4sc5ccccc5c4c3)c2)c2cccc(-c3ccc4sc5ccccc5c4c3)c2)c(C#N)c2c3c1-n1c4ccccc4c4cccc(c41)B3c1cccc3c4ccccc4n-2c13. The van der Waals surface area contributed by atoms with Crippen LogP contribution in [0, 0.1) is 17.9 Å². The van der Waals surface area contributed by atoms with Crippen molar-refractivity contribution >= 4 is 152 Å². The molecule has 0 unspecified atom stereocenters. The van der Waals surface area contributed by atoms with Gasteiger partial charge in [-0.25, -0.2) is 4.85 Å². The van der Waals surface area contributed by atoms with Crippen LogP contribution in [0.1, 0.15) is 5.56 Å². The smallest absolute Gasteiger partial charge is 0.250 e. The van der Waals surface area contributed by atoms with Gasteiger partial charge in [0.2, 0.25) is 5.69 Å². The van der Waals surface area contributed by atoms with Gasteiger partial charge in [-0.3, -0.25) is 0 Å². The van der Waals surface area contributed by atoms with Crippen LogP contribution in [0.2, 0.25) is 0 Å². The van der Waals surface area contributed by atoms with Gasteiger partial charge in [-0.2, -0.15) is 5.26 Å². The first-order valence-corrected chi connectivity index (χ1v) is 27.2. The van der Waals surface area contributed by atoms with Crippen LogP contribution >= 0.6 is 22.7 Å². The van der Waals surface area contributed by atoms with Crippen molar-refractivity contribution in [2.45, 2.75) is 0 Å². The second kappa shape index (κ2) is 15.4. The molecule has 8 heteroatoms. The third-order valence-corrected chi connectivity index (χ3v) is 18.6. The number of hydrogen-bond acceptors (Lipinski definition) is 4. The minimum Gasteiger partial charge on any atom is -0.320 e. The van der Waals surface area contributed by atoms with Gasteiger partial charge in [0.05, 0.1) is 40.2 Å². The summed E-state index contributed by atoms with van der Waals surface area (Å²) < 4.78 is 9.73. The molecule has 0 saturated carbocycles. The second-order valence-electron chi connectivity index (χ2n) is 20.1. The molecule has 2 aliphatic heterocycles. The van der Waals surface area contributed by atoms with E-state index in [1.807, 2.05) is 22.7 Å². The minimum atomic E-state index is -0.251. The van der Waals surface area contributed by atoms with Crippen LogP contribution < -0.4 is 21.3 Å². The number of nitrogens with zero attached hydrogens (tertiary/aromatic N) is 5. The van der Waals surface area contributed by atoms with Crippen LogP contribution in [-0.4, -0.2) is 15.8 Å². The first-order chi connectivity index (χ1) is 37.6. The molecule has 76 heavy (non-hydrogen) atoms. The lowest BCUT2D eigenvalue weighted by molar-refractivity contribution is 1.13. The van der Waals surface area contributed by atoms with Gasteiger partial charge in [0.15, 0.2) is 0 Å². The van der Waals surface area contributed by atoms with Crippen LogP contribution in [0.15, 0.2) is 218 Å². The first-order valence-electron chi connectivity index (χ1n) is 25.5. The number of benzene rings is 11. The summed E-state index contributed by atoms with van der Waals surface area (Å²) in [5.74, 6) is 0. The monoisotopic (exact) mass is 997 g/mol. The molecule has 17 rings (SSSR count). The molecule has 0 radical (unpaired) electrons. The Morgan fingerprint density at radius 3 is 1.41 bits per heavy atom. The summed E-state index contributed by atoms with van der Waals surface area (Å²) in [6, 6.07) is 81.5. The van der Waals surface area contributed by atoms with E-state index in [0.717, 1.165) is 94.1 Å². The largest absolute Gasteiger partial charge is 0.320 e. The molecule has 5 nitrogen and oxygen atoms in total. The number of para-hydroxylation sites is 4. The van der Waals surface area contributed by atoms with E-state index < -0.39 is 0 Å². The summed E-state index contributed by atoms with van der Waals surface area (Å²) >= 11 is 3.63. The Balaban J connectivity index is 1.01. The number of nitriles is 1. The van der Waals surface area contributed by atoms with E-state index in [2.05, 4.69) is 238 Å². The molecular formula is C68H36BN5S2. The summed E-state index contributed by atoms with van der Waals surface area (Å²) in [5, 5.41) is 21.8. The third-order valence-electron chi connectivity index (χ3n) is 16.3. The lowest BCUT2D eigenvalue weighted by atomic mass is 9.34. The maximum Gasteiger partial charge on any atom is 0.250 e. The molecule has 0 bridgehead atoms. The molecule has 15 aromatic rings. The van der Waals surface area contributed by atoms with Gasteiger partial charge in [-0.05, 0) is 111 Å². The lowest BCUT2D eigenvalue weighted by Gasteiger charge is -2.38. The van der Waals surface area contributed by atoms with Crippen molar-refractivity contribution in [3.63, 3.8) is 0 Å². The van der Waals surface area contributed by atoms with Crippen LogP contribution in [-0.2, 0) is 0 Å². The molecular weight excluding hydrogens is 962 g/mol. The quantitative estimate of drug-likeness (QED) is 0.127. The summed E-state index contributed by atoms with van der Waals surface area (Å²) in [6.45, 7) is 9.35. The first kappa shape index (κ1) is 41.7. The summed E-state index contributed by atoms with van der Waals surface area (Å²) in [5.41, 5.74) is 16.5. The van der Waals surface area contributed by atoms with Gasteiger partial charge in [0.25, 0.3) is 6.71 Å². The van der Waals surface area contributed by atoms with E-state index in [4.69, 9.17) is 4.85 Å². The van der Waals surface area contributed by atoms with E-state index in [1.165, 1.54) is 51.3 Å². The second-order valence-corrected chi connectivity index (χ2v) is 22.3. The molecule has 6 heterocycles. The molecule has 0 aliphatic carbocycles. The Bertz CT molecular complexity index is 4870. The van der Waals surface area contributed by atoms with Crippen molar-refractivity contribution in [3.05, 3.63) is 235 Å². The molecule has 0 atom stereocenters. The number of anilines is 3. The van der Waals surface area contributed by atoms with Gasteiger partial charge in [-0.15, -0.1) is 22.7 Å². The van der Waals surface area contributed by atoms with Gasteiger partial charge in [0.1, 0.15) is 6.07 Å². The highest BCUT2D eigenvalue weighted by atomic mass is 32.1. The zero-order valence-electron chi connectivity index (χ0n) is 40.4. The maximum absolute atomic E-state index is 12.3. The molecule has 0 spiro atoms. The van der Waals surface area contributed by atoms with Crippen LogP contribution in [0.25, 0.3) is 122 Å². The molecule has 11 aromatic carbocycles. The Morgan fingerprint density at radius 1 is 0.434 bits per heavy atom. The number of aromatic nitrogens is 2. The Kier molecular flexibility index (Phi) is 8.47. The summed E-state index contributed by atoms with van der Waals surface area (Å²) in [4.78, 5) is 6.92. The number of fused-ring (bicyclic) bond motifs is 16. The predicted octanol–water partition coefficient (Wildman–Crippen LogP) is 17.0. The van der Waals surface area contributed by atoms with E-state index in [1.54, 1.807) is 0 Å². The fourth-order valence-electron chi connectivity index (χ4n) is 13.2. The zero-order valence-corrected chi connectivity index (χ0v) is 42.0. The minimum absolute atomic E-state index is 0.251. The Labute approximate surface area is 444 Å². The molecule has 0 saturated heterocycles. The number of hydrogen-bond donors (Lipinski definition) is 0. The molecule has 0 fully saturated rings. The fourth-order valence-corrected chi connectivity index (χ4v) is 15.4. The topological polar surface area (TPSA) is 41.2 Å². The molecule has 348 valence electrons. The van der Waals surface area contributed by atoms with Crippen molar-refractivity contribution in [2.75, 3.05) is 4.90 Å². The van der Waals surface area contributed by atoms with E-state index >= 15 is 0 Å². The highest BCUT2D eigenvalue weighted by Gasteiger charge is 2.45. The fraction of sp³-hybridized carbons (Fsp3) is 0. The zero-order chi connectivity index (χ0) is 49.9. The maximum atomic E-state index is 12.3. The van der Waals surface area contributed by atoms with E-state index in [9.17, 15) is 11.8 Å². The van der Waals surface area contributed by atoms with Crippen molar-refractivity contribution < 1.29 is 0 Å². The van der Waals surface area contributed by atoms with Crippen molar-refractivity contribution in [1.29, 1.82) is 5.26 Å². The third kappa shape index (κ3) is 5.51. The highest BCUT2D eigenvalue weighted by Crippen LogP contribution is 2.52. The van der Waals surface area contributed by atoms with Crippen LogP contribution in [0.5, 0.6) is 0 Å². The van der Waals surface area contributed by atoms with Crippen molar-refractivity contribution in [3.8, 4) is 39.7 Å². The van der Waals surface area contributed by atoms with E-state index in [0.29, 0.717) is 16.9 Å². The Morgan fingerprint density at radius 2 is 0.882 bits per heavy atom. The van der Waals surface area contributed by atoms with Gasteiger partial charge < -0.3 is 14.0 Å². The normalized spacial score (nSPS) is 12.4. The van der Waals surface area contributed by atoms with Gasteiger partial charge >= 0.3 is 0 Å². The number of thiophene rings is 2. The average molecular weight is 998 g/mol. The predicted molar refractivity (Wildman–Crippen MR) is 322 cm³/mol. The molecule has 0 amide bonds. The summed E-state index contributed by atoms with van der Waals surface area (Å²) in [6.07, 6.45) is 0. The van der Waals surface area contributed by atoms with Crippen LogP contribution in [0.4, 0.5) is 22.7 Å². The van der Waals surface area contributed by atoms with Gasteiger partial charge in [0, 0.05) is 84.3 Å². The van der Waals surface area contributed by atoms with E-state index in [-0.39, 0.29) is 6.71 Å². The Hall–Kier alpha value is -9.70. The molecule has 4 aromatic heterocycles.